The quantitative estimate of drug-likeness (QED) is 0.481. The smallest absolute Gasteiger partial charge is 0.0999 e. The Kier molecular flexibility index (Phi) is 4.97. The largest absolute Gasteiger partial charge is 0.317 e. The van der Waals surface area contributed by atoms with Gasteiger partial charge in [0.25, 0.3) is 0 Å². The number of nitriles is 1. The van der Waals surface area contributed by atoms with Gasteiger partial charge in [0.2, 0.25) is 0 Å². The van der Waals surface area contributed by atoms with E-state index >= 15 is 0 Å². The topological polar surface area (TPSA) is 28.7 Å². The van der Waals surface area contributed by atoms with Crippen LogP contribution in [0.3, 0.4) is 0 Å². The Morgan fingerprint density at radius 1 is 0.958 bits per heavy atom. The average molecular weight is 374 g/mol. The molecule has 2 aromatic carbocycles. The first-order chi connectivity index (χ1) is 11.6. The minimum absolute atomic E-state index is 0.444. The van der Waals surface area contributed by atoms with Crippen LogP contribution in [0.5, 0.6) is 0 Å². The Bertz CT molecular complexity index is 947. The molecule has 0 radical (unpaired) electrons. The lowest BCUT2D eigenvalue weighted by molar-refractivity contribution is 1.06. The molecule has 0 bridgehead atoms. The van der Waals surface area contributed by atoms with Crippen LogP contribution in [-0.2, 0) is 0 Å². The van der Waals surface area contributed by atoms with Gasteiger partial charge in [-0.2, -0.15) is 5.26 Å². The van der Waals surface area contributed by atoms with Gasteiger partial charge >= 0.3 is 0 Å². The van der Waals surface area contributed by atoms with Crippen LogP contribution in [0, 0.1) is 11.3 Å². The molecule has 1 aromatic heterocycles. The van der Waals surface area contributed by atoms with E-state index in [9.17, 15) is 5.26 Å². The Balaban J connectivity index is 2.06. The van der Waals surface area contributed by atoms with Crippen LogP contribution in [-0.4, -0.2) is 4.57 Å². The standard InChI is InChI=1S/C19H11Cl3N2/c20-14-3-6-16(7-4-14)24-9-1-2-17(24)10-13(12-23)18-8-5-15(21)11-19(18)22/h1-11H/b13-10-. The molecule has 5 heteroatoms. The molecule has 0 aliphatic rings. The van der Waals surface area contributed by atoms with Crippen molar-refractivity contribution < 1.29 is 0 Å². The Morgan fingerprint density at radius 3 is 2.33 bits per heavy atom. The maximum Gasteiger partial charge on any atom is 0.0999 e. The van der Waals surface area contributed by atoms with Crippen molar-refractivity contribution in [2.75, 3.05) is 0 Å². The van der Waals surface area contributed by atoms with Crippen LogP contribution in [0.25, 0.3) is 17.3 Å². The second-order valence-electron chi connectivity index (χ2n) is 5.07. The third kappa shape index (κ3) is 3.49. The molecule has 2 nitrogen and oxygen atoms in total. The first-order valence-corrected chi connectivity index (χ1v) is 8.22. The second kappa shape index (κ2) is 7.15. The van der Waals surface area contributed by atoms with Crippen LogP contribution in [0.2, 0.25) is 15.1 Å². The molecule has 0 aliphatic heterocycles. The number of hydrogen-bond donors (Lipinski definition) is 0. The van der Waals surface area contributed by atoms with Gasteiger partial charge in [-0.1, -0.05) is 40.9 Å². The molecule has 0 fully saturated rings. The molecule has 0 aliphatic carbocycles. The predicted octanol–water partition coefficient (Wildman–Crippen LogP) is 6.50. The van der Waals surface area contributed by atoms with Gasteiger partial charge in [-0.15, -0.1) is 0 Å². The van der Waals surface area contributed by atoms with Gasteiger partial charge in [0, 0.05) is 33.2 Å². The molecule has 3 rings (SSSR count). The van der Waals surface area contributed by atoms with Gasteiger partial charge in [0.15, 0.2) is 0 Å². The summed E-state index contributed by atoms with van der Waals surface area (Å²) in [5.41, 5.74) is 2.92. The van der Waals surface area contributed by atoms with Gasteiger partial charge in [-0.25, -0.2) is 0 Å². The molecule has 0 saturated heterocycles. The zero-order chi connectivity index (χ0) is 17.1. The van der Waals surface area contributed by atoms with Crippen molar-refractivity contribution in [1.29, 1.82) is 5.26 Å². The summed E-state index contributed by atoms with van der Waals surface area (Å²) >= 11 is 18.1. The van der Waals surface area contributed by atoms with Gasteiger partial charge < -0.3 is 4.57 Å². The lowest BCUT2D eigenvalue weighted by Crippen LogP contribution is -1.95. The highest BCUT2D eigenvalue weighted by atomic mass is 35.5. The fourth-order valence-corrected chi connectivity index (χ4v) is 3.01. The molecule has 0 saturated carbocycles. The van der Waals surface area contributed by atoms with Crippen molar-refractivity contribution in [1.82, 2.24) is 4.57 Å². The molecular formula is C19H11Cl3N2. The molecule has 0 unspecified atom stereocenters. The van der Waals surface area contributed by atoms with E-state index in [4.69, 9.17) is 34.8 Å². The fourth-order valence-electron chi connectivity index (χ4n) is 2.37. The first kappa shape index (κ1) is 16.7. The first-order valence-electron chi connectivity index (χ1n) is 7.09. The lowest BCUT2D eigenvalue weighted by Gasteiger charge is -2.08. The maximum absolute atomic E-state index is 9.53. The van der Waals surface area contributed by atoms with Gasteiger partial charge in [-0.05, 0) is 54.6 Å². The summed E-state index contributed by atoms with van der Waals surface area (Å²) in [6.07, 6.45) is 3.72. The highest BCUT2D eigenvalue weighted by Gasteiger charge is 2.09. The third-order valence-electron chi connectivity index (χ3n) is 3.52. The number of rotatable bonds is 3. The lowest BCUT2D eigenvalue weighted by atomic mass is 10.1. The predicted molar refractivity (Wildman–Crippen MR) is 101 cm³/mol. The zero-order valence-corrected chi connectivity index (χ0v) is 14.6. The van der Waals surface area contributed by atoms with Crippen molar-refractivity contribution >= 4 is 46.5 Å². The van der Waals surface area contributed by atoms with E-state index in [1.165, 1.54) is 0 Å². The number of allylic oxidation sites excluding steroid dienone is 1. The van der Waals surface area contributed by atoms with Crippen molar-refractivity contribution in [3.63, 3.8) is 0 Å². The van der Waals surface area contributed by atoms with Crippen LogP contribution in [0.1, 0.15) is 11.3 Å². The highest BCUT2D eigenvalue weighted by molar-refractivity contribution is 6.36. The maximum atomic E-state index is 9.53. The average Bonchev–Trinajstić information content (AvgIpc) is 3.02. The summed E-state index contributed by atoms with van der Waals surface area (Å²) in [6.45, 7) is 0. The Morgan fingerprint density at radius 2 is 1.67 bits per heavy atom. The van der Waals surface area contributed by atoms with E-state index in [0.717, 1.165) is 11.4 Å². The molecule has 0 atom stereocenters. The number of hydrogen-bond acceptors (Lipinski definition) is 1. The molecule has 118 valence electrons. The molecule has 3 aromatic rings. The summed E-state index contributed by atoms with van der Waals surface area (Å²) in [5.74, 6) is 0. The van der Waals surface area contributed by atoms with Crippen LogP contribution in [0.15, 0.2) is 60.8 Å². The monoisotopic (exact) mass is 372 g/mol. The van der Waals surface area contributed by atoms with Crippen LogP contribution < -0.4 is 0 Å². The van der Waals surface area contributed by atoms with Gasteiger partial charge in [-0.3, -0.25) is 0 Å². The van der Waals surface area contributed by atoms with E-state index < -0.39 is 0 Å². The number of halogens is 3. The van der Waals surface area contributed by atoms with E-state index in [2.05, 4.69) is 6.07 Å². The van der Waals surface area contributed by atoms with Crippen molar-refractivity contribution in [2.24, 2.45) is 0 Å². The number of benzene rings is 2. The summed E-state index contributed by atoms with van der Waals surface area (Å²) in [7, 11) is 0. The van der Waals surface area contributed by atoms with Gasteiger partial charge in [0.05, 0.1) is 16.7 Å². The van der Waals surface area contributed by atoms with E-state index in [0.29, 0.717) is 26.2 Å². The number of nitrogens with zero attached hydrogens (tertiary/aromatic N) is 2. The van der Waals surface area contributed by atoms with E-state index in [1.807, 2.05) is 47.2 Å². The van der Waals surface area contributed by atoms with E-state index in [-0.39, 0.29) is 0 Å². The van der Waals surface area contributed by atoms with Gasteiger partial charge in [0.1, 0.15) is 0 Å². The summed E-state index contributed by atoms with van der Waals surface area (Å²) in [6, 6.07) is 18.6. The molecular weight excluding hydrogens is 363 g/mol. The summed E-state index contributed by atoms with van der Waals surface area (Å²) < 4.78 is 1.97. The van der Waals surface area contributed by atoms with E-state index in [1.54, 1.807) is 24.3 Å². The summed E-state index contributed by atoms with van der Waals surface area (Å²) in [4.78, 5) is 0. The highest BCUT2D eigenvalue weighted by Crippen LogP contribution is 2.28. The molecule has 24 heavy (non-hydrogen) atoms. The molecule has 1 heterocycles. The fraction of sp³-hybridized carbons (Fsp3) is 0. The third-order valence-corrected chi connectivity index (χ3v) is 4.32. The van der Waals surface area contributed by atoms with Crippen molar-refractivity contribution in [3.05, 3.63) is 87.1 Å². The Labute approximate surface area is 155 Å². The minimum atomic E-state index is 0.444. The molecule has 0 N–H and O–H groups in total. The molecule has 0 amide bonds. The van der Waals surface area contributed by atoms with Crippen LogP contribution in [0.4, 0.5) is 0 Å². The summed E-state index contributed by atoms with van der Waals surface area (Å²) in [5, 5.41) is 11.2. The van der Waals surface area contributed by atoms with Crippen LogP contribution >= 0.6 is 34.8 Å². The normalized spacial score (nSPS) is 11.3. The number of aromatic nitrogens is 1. The zero-order valence-electron chi connectivity index (χ0n) is 12.4. The van der Waals surface area contributed by atoms with Crippen molar-refractivity contribution in [2.45, 2.75) is 0 Å². The molecule has 0 spiro atoms. The van der Waals surface area contributed by atoms with Crippen molar-refractivity contribution in [3.8, 4) is 11.8 Å². The minimum Gasteiger partial charge on any atom is -0.317 e. The Hall–Kier alpha value is -2.18. The second-order valence-corrected chi connectivity index (χ2v) is 6.35. The SMILES string of the molecule is N#C/C(=C/c1cccn1-c1ccc(Cl)cc1)c1ccc(Cl)cc1Cl.